The number of hydrogen-bond acceptors (Lipinski definition) is 2. The molecule has 1 aliphatic carbocycles. The van der Waals surface area contributed by atoms with Crippen LogP contribution in [0, 0.1) is 0 Å². The Morgan fingerprint density at radius 2 is 1.87 bits per heavy atom. The van der Waals surface area contributed by atoms with Crippen LogP contribution in [-0.2, 0) is 18.5 Å². The fourth-order valence-electron chi connectivity index (χ4n) is 3.91. The molecule has 118 valence electrons. The summed E-state index contributed by atoms with van der Waals surface area (Å²) in [6.45, 7) is 0.414. The molecule has 0 bridgehead atoms. The average Bonchev–Trinajstić information content (AvgIpc) is 2.81. The molecule has 1 fully saturated rings. The van der Waals surface area contributed by atoms with Gasteiger partial charge in [-0.3, -0.25) is 4.90 Å². The van der Waals surface area contributed by atoms with E-state index in [2.05, 4.69) is 11.4 Å². The van der Waals surface area contributed by atoms with Crippen molar-refractivity contribution < 1.29 is 9.90 Å². The van der Waals surface area contributed by atoms with Crippen molar-refractivity contribution in [3.63, 3.8) is 0 Å². The van der Waals surface area contributed by atoms with E-state index < -0.39 is 11.8 Å². The Labute approximate surface area is 135 Å². The molecular weight excluding hydrogens is 288 g/mol. The van der Waals surface area contributed by atoms with Crippen molar-refractivity contribution in [3.8, 4) is 0 Å². The third-order valence-corrected chi connectivity index (χ3v) is 5.04. The van der Waals surface area contributed by atoms with Gasteiger partial charge in [-0.05, 0) is 36.0 Å². The zero-order valence-corrected chi connectivity index (χ0v) is 12.9. The Morgan fingerprint density at radius 3 is 2.70 bits per heavy atom. The largest absolute Gasteiger partial charge is 0.371 e. The minimum atomic E-state index is -0.850. The first-order valence-corrected chi connectivity index (χ1v) is 8.10. The Kier molecular flexibility index (Phi) is 3.34. The number of carbonyl (C=O) groups excluding carboxylic acids is 1. The number of aliphatic hydroxyl groups excluding tert-OH is 1. The van der Waals surface area contributed by atoms with Crippen molar-refractivity contribution in [1.29, 1.82) is 0 Å². The number of hydrogen-bond donors (Lipinski definition) is 2. The summed E-state index contributed by atoms with van der Waals surface area (Å²) in [5.74, 6) is 0. The summed E-state index contributed by atoms with van der Waals surface area (Å²) in [5.41, 5.74) is 2.62. The molecule has 4 heteroatoms. The normalized spacial score (nSPS) is 26.2. The van der Waals surface area contributed by atoms with Gasteiger partial charge >= 0.3 is 6.03 Å². The minimum Gasteiger partial charge on any atom is -0.371 e. The minimum absolute atomic E-state index is 0.196. The summed E-state index contributed by atoms with van der Waals surface area (Å²) >= 11 is 0. The Balaban J connectivity index is 1.69. The fraction of sp³-hybridized carbons (Fsp3) is 0.316. The van der Waals surface area contributed by atoms with Crippen LogP contribution in [0.5, 0.6) is 0 Å². The van der Waals surface area contributed by atoms with Crippen LogP contribution in [-0.4, -0.2) is 22.3 Å². The Hall–Kier alpha value is -2.33. The summed E-state index contributed by atoms with van der Waals surface area (Å²) in [7, 11) is 0. The standard InChI is InChI=1S/C19H20N2O2/c22-17-19(12-6-10-15-9-4-5-11-16(15)19)20-18(23)21(17)13-14-7-2-1-3-8-14/h1-5,7-9,11,17,22H,6,10,12-13H2,(H,20,23). The lowest BCUT2D eigenvalue weighted by Crippen LogP contribution is -2.49. The van der Waals surface area contributed by atoms with Gasteiger partial charge in [-0.15, -0.1) is 0 Å². The molecule has 1 aliphatic heterocycles. The van der Waals surface area contributed by atoms with Crippen LogP contribution in [0.3, 0.4) is 0 Å². The molecule has 2 N–H and O–H groups in total. The van der Waals surface area contributed by atoms with E-state index >= 15 is 0 Å². The van der Waals surface area contributed by atoms with Crippen LogP contribution in [0.4, 0.5) is 4.79 Å². The highest BCUT2D eigenvalue weighted by Gasteiger charge is 2.53. The van der Waals surface area contributed by atoms with Crippen LogP contribution < -0.4 is 5.32 Å². The number of urea groups is 1. The summed E-state index contributed by atoms with van der Waals surface area (Å²) in [6, 6.07) is 17.7. The van der Waals surface area contributed by atoms with Crippen LogP contribution in [0.15, 0.2) is 54.6 Å². The molecule has 1 heterocycles. The maximum Gasteiger partial charge on any atom is 0.320 e. The Morgan fingerprint density at radius 1 is 1.13 bits per heavy atom. The van der Waals surface area contributed by atoms with Crippen molar-refractivity contribution in [3.05, 3.63) is 71.3 Å². The van der Waals surface area contributed by atoms with E-state index in [1.54, 1.807) is 0 Å². The average molecular weight is 308 g/mol. The number of benzene rings is 2. The number of aryl methyl sites for hydroxylation is 1. The molecule has 2 aliphatic rings. The maximum atomic E-state index is 12.5. The first-order chi connectivity index (χ1) is 11.2. The molecule has 2 aromatic rings. The smallest absolute Gasteiger partial charge is 0.320 e. The van der Waals surface area contributed by atoms with Crippen molar-refractivity contribution in [2.45, 2.75) is 37.6 Å². The summed E-state index contributed by atoms with van der Waals surface area (Å²) in [5, 5.41) is 14.1. The molecule has 23 heavy (non-hydrogen) atoms. The molecule has 0 radical (unpaired) electrons. The maximum absolute atomic E-state index is 12.5. The van der Waals surface area contributed by atoms with Crippen molar-refractivity contribution in [2.24, 2.45) is 0 Å². The van der Waals surface area contributed by atoms with Gasteiger partial charge in [0, 0.05) is 0 Å². The molecule has 4 nitrogen and oxygen atoms in total. The van der Waals surface area contributed by atoms with Crippen molar-refractivity contribution >= 4 is 6.03 Å². The van der Waals surface area contributed by atoms with Crippen LogP contribution in [0.25, 0.3) is 0 Å². The molecule has 2 unspecified atom stereocenters. The molecule has 2 aromatic carbocycles. The predicted molar refractivity (Wildman–Crippen MR) is 87.6 cm³/mol. The third-order valence-electron chi connectivity index (χ3n) is 5.04. The second kappa shape index (κ2) is 5.39. The predicted octanol–water partition coefficient (Wildman–Crippen LogP) is 2.76. The van der Waals surface area contributed by atoms with Gasteiger partial charge in [-0.25, -0.2) is 4.79 Å². The lowest BCUT2D eigenvalue weighted by Gasteiger charge is -2.38. The highest BCUT2D eigenvalue weighted by molar-refractivity contribution is 5.79. The number of aliphatic hydroxyl groups is 1. The number of fused-ring (bicyclic) bond motifs is 2. The van der Waals surface area contributed by atoms with Gasteiger partial charge in [0.1, 0.15) is 5.54 Å². The second-order valence-electron chi connectivity index (χ2n) is 6.40. The molecule has 1 spiro atoms. The van der Waals surface area contributed by atoms with Gasteiger partial charge in [0.25, 0.3) is 0 Å². The summed E-state index contributed by atoms with van der Waals surface area (Å²) in [4.78, 5) is 14.1. The molecule has 2 atom stereocenters. The first kappa shape index (κ1) is 14.3. The number of carbonyl (C=O) groups is 1. The highest BCUT2D eigenvalue weighted by atomic mass is 16.3. The Bertz CT molecular complexity index is 731. The lowest BCUT2D eigenvalue weighted by atomic mass is 9.76. The van der Waals surface area contributed by atoms with Crippen molar-refractivity contribution in [2.75, 3.05) is 0 Å². The second-order valence-corrected chi connectivity index (χ2v) is 6.40. The van der Waals surface area contributed by atoms with Gasteiger partial charge in [0.05, 0.1) is 6.54 Å². The SMILES string of the molecule is O=C1NC2(CCCc3ccccc32)C(O)N1Cc1ccccc1. The molecule has 0 aromatic heterocycles. The third kappa shape index (κ3) is 2.21. The monoisotopic (exact) mass is 308 g/mol. The van der Waals surface area contributed by atoms with Gasteiger partial charge in [-0.1, -0.05) is 54.6 Å². The van der Waals surface area contributed by atoms with E-state index in [0.717, 1.165) is 30.4 Å². The molecule has 2 amide bonds. The number of nitrogens with one attached hydrogen (secondary N) is 1. The van der Waals surface area contributed by atoms with Gasteiger partial charge < -0.3 is 10.4 Å². The molecular formula is C19H20N2O2. The van der Waals surface area contributed by atoms with Crippen LogP contribution >= 0.6 is 0 Å². The van der Waals surface area contributed by atoms with E-state index in [9.17, 15) is 9.90 Å². The number of rotatable bonds is 2. The van der Waals surface area contributed by atoms with Gasteiger partial charge in [-0.2, -0.15) is 0 Å². The topological polar surface area (TPSA) is 52.6 Å². The lowest BCUT2D eigenvalue weighted by molar-refractivity contribution is -0.0108. The fourth-order valence-corrected chi connectivity index (χ4v) is 3.91. The zero-order chi connectivity index (χ0) is 15.9. The van der Waals surface area contributed by atoms with Crippen LogP contribution in [0.2, 0.25) is 0 Å². The van der Waals surface area contributed by atoms with E-state index in [1.807, 2.05) is 48.5 Å². The summed E-state index contributed by atoms with van der Waals surface area (Å²) in [6.07, 6.45) is 1.88. The number of nitrogens with zero attached hydrogens (tertiary/aromatic N) is 1. The van der Waals surface area contributed by atoms with Gasteiger partial charge in [0.15, 0.2) is 6.23 Å². The van der Waals surface area contributed by atoms with Crippen LogP contribution in [0.1, 0.15) is 29.5 Å². The first-order valence-electron chi connectivity index (χ1n) is 8.10. The quantitative estimate of drug-likeness (QED) is 0.896. The summed E-state index contributed by atoms with van der Waals surface area (Å²) < 4.78 is 0. The van der Waals surface area contributed by atoms with E-state index in [-0.39, 0.29) is 6.03 Å². The van der Waals surface area contributed by atoms with Crippen molar-refractivity contribution in [1.82, 2.24) is 10.2 Å². The number of amides is 2. The molecule has 1 saturated heterocycles. The van der Waals surface area contributed by atoms with Gasteiger partial charge in [0.2, 0.25) is 0 Å². The zero-order valence-electron chi connectivity index (χ0n) is 12.9. The van der Waals surface area contributed by atoms with E-state index in [0.29, 0.717) is 6.54 Å². The van der Waals surface area contributed by atoms with E-state index in [4.69, 9.17) is 0 Å². The highest BCUT2D eigenvalue weighted by Crippen LogP contribution is 2.42. The molecule has 4 rings (SSSR count). The van der Waals surface area contributed by atoms with E-state index in [1.165, 1.54) is 10.5 Å². The molecule has 0 saturated carbocycles.